The minimum absolute atomic E-state index is 0.182. The van der Waals surface area contributed by atoms with Crippen LogP contribution < -0.4 is 0 Å². The molecule has 0 aliphatic rings. The predicted octanol–water partition coefficient (Wildman–Crippen LogP) is 0.699. The van der Waals surface area contributed by atoms with E-state index in [0.717, 1.165) is 12.1 Å². The van der Waals surface area contributed by atoms with E-state index in [0.29, 0.717) is 6.07 Å². The fraction of sp³-hybridized carbons (Fsp3) is 0.111. The molecule has 0 fully saturated rings. The van der Waals surface area contributed by atoms with Gasteiger partial charge in [0.25, 0.3) is 11.4 Å². The Morgan fingerprint density at radius 3 is 2.22 bits per heavy atom. The molecule has 0 saturated heterocycles. The molecule has 1 aromatic carbocycles. The number of non-ortho nitro benzene ring substituents is 1. The van der Waals surface area contributed by atoms with Gasteiger partial charge in [-0.05, 0) is 6.07 Å². The Bertz CT molecular complexity index is 552. The van der Waals surface area contributed by atoms with E-state index in [2.05, 4.69) is 0 Å². The lowest BCUT2D eigenvalue weighted by Gasteiger charge is -2.00. The highest BCUT2D eigenvalue weighted by Crippen LogP contribution is 2.25. The van der Waals surface area contributed by atoms with Gasteiger partial charge in [-0.1, -0.05) is 0 Å². The molecule has 9 heteroatoms. The van der Waals surface area contributed by atoms with Gasteiger partial charge in [-0.25, -0.2) is 4.79 Å². The lowest BCUT2D eigenvalue weighted by Crippen LogP contribution is -2.15. The van der Waals surface area contributed by atoms with E-state index in [1.54, 1.807) is 0 Å². The van der Waals surface area contributed by atoms with Crippen molar-refractivity contribution in [3.8, 4) is 0 Å². The number of nitrogens with zero attached hydrogens (tertiary/aromatic N) is 2. The second-order valence-electron chi connectivity index (χ2n) is 3.23. The Morgan fingerprint density at radius 2 is 1.78 bits per heavy atom. The molecule has 0 unspecified atom stereocenters. The summed E-state index contributed by atoms with van der Waals surface area (Å²) < 4.78 is 0. The molecular weight excluding hydrogens is 248 g/mol. The molecule has 1 aromatic rings. The quantitative estimate of drug-likeness (QED) is 0.463. The van der Waals surface area contributed by atoms with Gasteiger partial charge in [0, 0.05) is 18.1 Å². The van der Waals surface area contributed by atoms with Gasteiger partial charge in [-0.15, -0.1) is 0 Å². The maximum atomic E-state index is 10.9. The monoisotopic (exact) mass is 254 g/mol. The normalized spacial score (nSPS) is 9.78. The van der Waals surface area contributed by atoms with Gasteiger partial charge in [0.05, 0.1) is 15.9 Å². The number of Topliss-reactive ketones (excluding diaryl/α,β-unsaturated/α-hetero) is 1. The van der Waals surface area contributed by atoms with Crippen LogP contribution in [0.4, 0.5) is 11.4 Å². The number of carbonyl (C=O) groups excluding carboxylic acids is 1. The zero-order valence-electron chi connectivity index (χ0n) is 8.73. The summed E-state index contributed by atoms with van der Waals surface area (Å²) in [4.78, 5) is 40.7. The summed E-state index contributed by atoms with van der Waals surface area (Å²) in [7, 11) is 0. The van der Waals surface area contributed by atoms with Crippen LogP contribution in [0, 0.1) is 20.2 Å². The zero-order valence-corrected chi connectivity index (χ0v) is 8.73. The molecule has 0 spiro atoms. The number of hydrogen-bond donors (Lipinski definition) is 1. The third-order valence-electron chi connectivity index (χ3n) is 2.07. The van der Waals surface area contributed by atoms with Crippen molar-refractivity contribution >= 4 is 23.1 Å². The van der Waals surface area contributed by atoms with E-state index in [1.807, 2.05) is 0 Å². The molecule has 1 N–H and O–H groups in total. The van der Waals surface area contributed by atoms with Crippen molar-refractivity contribution in [3.63, 3.8) is 0 Å². The average Bonchev–Trinajstić information content (AvgIpc) is 2.28. The van der Waals surface area contributed by atoms with Crippen molar-refractivity contribution in [3.05, 3.63) is 44.0 Å². The lowest BCUT2D eigenvalue weighted by molar-refractivity contribution is -0.394. The molecule has 0 atom stereocenters. The van der Waals surface area contributed by atoms with Crippen LogP contribution in [0.25, 0.3) is 0 Å². The standard InChI is InChI=1S/C9H6N2O7/c12-8(9(13)14)3-5-1-2-6(10(15)16)4-7(5)11(17)18/h1-2,4H,3H2,(H,13,14). The first-order chi connectivity index (χ1) is 8.32. The summed E-state index contributed by atoms with van der Waals surface area (Å²) in [5, 5.41) is 29.5. The number of carbonyl (C=O) groups is 2. The number of nitro benzene ring substituents is 2. The summed E-state index contributed by atoms with van der Waals surface area (Å²) in [6, 6.07) is 2.65. The highest BCUT2D eigenvalue weighted by Gasteiger charge is 2.23. The maximum absolute atomic E-state index is 10.9. The van der Waals surface area contributed by atoms with Gasteiger partial charge >= 0.3 is 5.97 Å². The number of carboxylic acid groups (broad SMARTS) is 1. The first-order valence-electron chi connectivity index (χ1n) is 4.50. The van der Waals surface area contributed by atoms with Crippen LogP contribution in [0.1, 0.15) is 5.56 Å². The molecule has 18 heavy (non-hydrogen) atoms. The summed E-state index contributed by atoms with van der Waals surface area (Å²) >= 11 is 0. The van der Waals surface area contributed by atoms with E-state index in [9.17, 15) is 29.8 Å². The van der Waals surface area contributed by atoms with Crippen molar-refractivity contribution in [2.24, 2.45) is 0 Å². The highest BCUT2D eigenvalue weighted by atomic mass is 16.6. The first-order valence-corrected chi connectivity index (χ1v) is 4.50. The molecule has 0 radical (unpaired) electrons. The smallest absolute Gasteiger partial charge is 0.372 e. The Kier molecular flexibility index (Phi) is 3.67. The predicted molar refractivity (Wildman–Crippen MR) is 56.1 cm³/mol. The summed E-state index contributed by atoms with van der Waals surface area (Å²) in [5.74, 6) is -2.95. The minimum Gasteiger partial charge on any atom is -0.475 e. The number of aliphatic carboxylic acids is 1. The van der Waals surface area contributed by atoms with Gasteiger partial charge in [-0.2, -0.15) is 0 Å². The molecular formula is C9H6N2O7. The van der Waals surface area contributed by atoms with Crippen molar-refractivity contribution in [2.75, 3.05) is 0 Å². The van der Waals surface area contributed by atoms with Crippen molar-refractivity contribution in [2.45, 2.75) is 6.42 Å². The van der Waals surface area contributed by atoms with E-state index in [-0.39, 0.29) is 5.56 Å². The molecule has 94 valence electrons. The molecule has 0 aromatic heterocycles. The van der Waals surface area contributed by atoms with E-state index in [1.165, 1.54) is 0 Å². The second-order valence-corrected chi connectivity index (χ2v) is 3.23. The van der Waals surface area contributed by atoms with Crippen LogP contribution in [-0.2, 0) is 16.0 Å². The third kappa shape index (κ3) is 2.84. The number of nitro groups is 2. The van der Waals surface area contributed by atoms with Crippen molar-refractivity contribution in [1.82, 2.24) is 0 Å². The number of carboxylic acids is 1. The Hall–Kier alpha value is -2.84. The SMILES string of the molecule is O=C(O)C(=O)Cc1ccc([N+](=O)[O-])cc1[N+](=O)[O-]. The van der Waals surface area contributed by atoms with Gasteiger partial charge in [-0.3, -0.25) is 25.0 Å². The average molecular weight is 254 g/mol. The van der Waals surface area contributed by atoms with Gasteiger partial charge in [0.2, 0.25) is 5.78 Å². The van der Waals surface area contributed by atoms with Crippen molar-refractivity contribution in [1.29, 1.82) is 0 Å². The van der Waals surface area contributed by atoms with Crippen LogP contribution >= 0.6 is 0 Å². The van der Waals surface area contributed by atoms with Crippen LogP contribution in [0.2, 0.25) is 0 Å². The second kappa shape index (κ2) is 4.99. The van der Waals surface area contributed by atoms with Crippen molar-refractivity contribution < 1.29 is 24.5 Å². The van der Waals surface area contributed by atoms with E-state index >= 15 is 0 Å². The van der Waals surface area contributed by atoms with Crippen LogP contribution in [-0.4, -0.2) is 26.7 Å². The minimum atomic E-state index is -1.72. The molecule has 0 amide bonds. The van der Waals surface area contributed by atoms with Gasteiger partial charge in [0.15, 0.2) is 0 Å². The molecule has 1 rings (SSSR count). The molecule has 0 aliphatic carbocycles. The number of benzene rings is 1. The van der Waals surface area contributed by atoms with Crippen LogP contribution in [0.3, 0.4) is 0 Å². The van der Waals surface area contributed by atoms with Crippen LogP contribution in [0.15, 0.2) is 18.2 Å². The number of ketones is 1. The Morgan fingerprint density at radius 1 is 1.17 bits per heavy atom. The Labute approximate surface area is 98.9 Å². The maximum Gasteiger partial charge on any atom is 0.372 e. The van der Waals surface area contributed by atoms with E-state index < -0.39 is 39.4 Å². The molecule has 9 nitrogen and oxygen atoms in total. The molecule has 0 aliphatic heterocycles. The fourth-order valence-corrected chi connectivity index (χ4v) is 1.23. The molecule has 0 heterocycles. The van der Waals surface area contributed by atoms with E-state index in [4.69, 9.17) is 5.11 Å². The summed E-state index contributed by atoms with van der Waals surface area (Å²) in [6.45, 7) is 0. The summed E-state index contributed by atoms with van der Waals surface area (Å²) in [6.07, 6.45) is -0.691. The Balaban J connectivity index is 3.20. The van der Waals surface area contributed by atoms with Gasteiger partial charge in [0.1, 0.15) is 0 Å². The largest absolute Gasteiger partial charge is 0.475 e. The lowest BCUT2D eigenvalue weighted by atomic mass is 10.1. The molecule has 0 saturated carbocycles. The number of rotatable bonds is 5. The molecule has 0 bridgehead atoms. The fourth-order valence-electron chi connectivity index (χ4n) is 1.23. The topological polar surface area (TPSA) is 141 Å². The first kappa shape index (κ1) is 13.2. The number of hydrogen-bond acceptors (Lipinski definition) is 6. The summed E-state index contributed by atoms with van der Waals surface area (Å²) in [5.41, 5.74) is -1.34. The highest BCUT2D eigenvalue weighted by molar-refractivity contribution is 6.33. The zero-order chi connectivity index (χ0) is 13.9. The van der Waals surface area contributed by atoms with Gasteiger partial charge < -0.3 is 5.11 Å². The van der Waals surface area contributed by atoms with Crippen LogP contribution in [0.5, 0.6) is 0 Å². The third-order valence-corrected chi connectivity index (χ3v) is 2.07.